The molecule has 0 bridgehead atoms. The van der Waals surface area contributed by atoms with Gasteiger partial charge in [0.2, 0.25) is 0 Å². The fourth-order valence-corrected chi connectivity index (χ4v) is 1.98. The molecule has 0 radical (unpaired) electrons. The highest BCUT2D eigenvalue weighted by molar-refractivity contribution is 5.26. The molecule has 0 saturated heterocycles. The van der Waals surface area contributed by atoms with Gasteiger partial charge in [0.05, 0.1) is 0 Å². The van der Waals surface area contributed by atoms with E-state index < -0.39 is 0 Å². The second kappa shape index (κ2) is 5.65. The molecule has 17 heavy (non-hydrogen) atoms. The molecule has 1 atom stereocenters. The van der Waals surface area contributed by atoms with E-state index in [1.807, 2.05) is 0 Å². The van der Waals surface area contributed by atoms with Crippen molar-refractivity contribution < 1.29 is 0 Å². The molecule has 0 amide bonds. The van der Waals surface area contributed by atoms with Crippen molar-refractivity contribution in [2.24, 2.45) is 11.1 Å². The maximum atomic E-state index is 5.77. The second-order valence-corrected chi connectivity index (χ2v) is 5.93. The summed E-state index contributed by atoms with van der Waals surface area (Å²) in [5.41, 5.74) is 8.66. The van der Waals surface area contributed by atoms with E-state index in [1.54, 1.807) is 0 Å². The van der Waals surface area contributed by atoms with Crippen LogP contribution in [0.15, 0.2) is 24.3 Å². The highest BCUT2D eigenvalue weighted by Gasteiger charge is 2.23. The van der Waals surface area contributed by atoms with Crippen molar-refractivity contribution >= 4 is 0 Å². The fraction of sp³-hybridized carbons (Fsp3) is 0.600. The lowest BCUT2D eigenvalue weighted by molar-refractivity contribution is 0.134. The molecule has 0 aliphatic carbocycles. The first-order valence-electron chi connectivity index (χ1n) is 6.33. The topological polar surface area (TPSA) is 29.3 Å². The third-order valence-electron chi connectivity index (χ3n) is 3.67. The Labute approximate surface area is 106 Å². The molecule has 1 rings (SSSR count). The summed E-state index contributed by atoms with van der Waals surface area (Å²) in [6.45, 7) is 10.7. The maximum absolute atomic E-state index is 5.77. The van der Waals surface area contributed by atoms with Gasteiger partial charge in [0.15, 0.2) is 0 Å². The molecular formula is C15H26N2. The molecule has 0 aromatic heterocycles. The van der Waals surface area contributed by atoms with Gasteiger partial charge in [-0.05, 0) is 30.5 Å². The van der Waals surface area contributed by atoms with E-state index in [0.717, 1.165) is 6.54 Å². The third kappa shape index (κ3) is 3.83. The number of nitrogens with two attached hydrogens (primary N) is 1. The SMILES string of the molecule is CC(N(C)Cc1ccccc1CN)C(C)(C)C. The average molecular weight is 234 g/mol. The lowest BCUT2D eigenvalue weighted by Crippen LogP contribution is -2.39. The van der Waals surface area contributed by atoms with Gasteiger partial charge in [0.1, 0.15) is 0 Å². The molecule has 0 heterocycles. The zero-order valence-corrected chi connectivity index (χ0v) is 11.8. The Kier molecular flexibility index (Phi) is 4.72. The van der Waals surface area contributed by atoms with Gasteiger partial charge in [-0.2, -0.15) is 0 Å². The minimum atomic E-state index is 0.298. The van der Waals surface area contributed by atoms with Crippen LogP contribution in [0.2, 0.25) is 0 Å². The Morgan fingerprint density at radius 3 is 2.18 bits per heavy atom. The van der Waals surface area contributed by atoms with Crippen LogP contribution in [0.3, 0.4) is 0 Å². The molecule has 2 N–H and O–H groups in total. The van der Waals surface area contributed by atoms with Crippen molar-refractivity contribution in [3.63, 3.8) is 0 Å². The van der Waals surface area contributed by atoms with Crippen molar-refractivity contribution in [2.75, 3.05) is 7.05 Å². The lowest BCUT2D eigenvalue weighted by Gasteiger charge is -2.35. The highest BCUT2D eigenvalue weighted by Crippen LogP contribution is 2.24. The summed E-state index contributed by atoms with van der Waals surface area (Å²) in [6, 6.07) is 8.97. The number of hydrogen-bond donors (Lipinski definition) is 1. The number of nitrogens with zero attached hydrogens (tertiary/aromatic N) is 1. The maximum Gasteiger partial charge on any atom is 0.0236 e. The second-order valence-electron chi connectivity index (χ2n) is 5.93. The van der Waals surface area contributed by atoms with Crippen LogP contribution < -0.4 is 5.73 Å². The highest BCUT2D eigenvalue weighted by atomic mass is 15.1. The molecule has 0 saturated carbocycles. The number of rotatable bonds is 4. The van der Waals surface area contributed by atoms with Crippen molar-refractivity contribution in [1.82, 2.24) is 4.90 Å². The third-order valence-corrected chi connectivity index (χ3v) is 3.67. The molecular weight excluding hydrogens is 208 g/mol. The van der Waals surface area contributed by atoms with Crippen LogP contribution in [0.4, 0.5) is 0 Å². The molecule has 0 fully saturated rings. The number of hydrogen-bond acceptors (Lipinski definition) is 2. The van der Waals surface area contributed by atoms with E-state index in [1.165, 1.54) is 11.1 Å². The van der Waals surface area contributed by atoms with Gasteiger partial charge in [-0.25, -0.2) is 0 Å². The first-order valence-corrected chi connectivity index (χ1v) is 6.33. The van der Waals surface area contributed by atoms with Gasteiger partial charge < -0.3 is 5.73 Å². The van der Waals surface area contributed by atoms with E-state index in [2.05, 4.69) is 63.9 Å². The molecule has 1 aromatic carbocycles. The Morgan fingerprint density at radius 2 is 1.71 bits per heavy atom. The van der Waals surface area contributed by atoms with Crippen LogP contribution in [0.25, 0.3) is 0 Å². The first kappa shape index (κ1) is 14.2. The van der Waals surface area contributed by atoms with Crippen LogP contribution in [-0.4, -0.2) is 18.0 Å². The summed E-state index contributed by atoms with van der Waals surface area (Å²) in [7, 11) is 2.18. The van der Waals surface area contributed by atoms with Gasteiger partial charge in [-0.3, -0.25) is 4.90 Å². The molecule has 1 unspecified atom stereocenters. The van der Waals surface area contributed by atoms with E-state index in [4.69, 9.17) is 5.73 Å². The molecule has 1 aromatic rings. The monoisotopic (exact) mass is 234 g/mol. The molecule has 0 aliphatic rings. The summed E-state index contributed by atoms with van der Waals surface area (Å²) in [5.74, 6) is 0. The van der Waals surface area contributed by atoms with E-state index in [0.29, 0.717) is 18.0 Å². The van der Waals surface area contributed by atoms with Crippen LogP contribution in [0.1, 0.15) is 38.8 Å². The summed E-state index contributed by atoms with van der Waals surface area (Å²) in [5, 5.41) is 0. The smallest absolute Gasteiger partial charge is 0.0236 e. The van der Waals surface area contributed by atoms with Crippen LogP contribution in [-0.2, 0) is 13.1 Å². The van der Waals surface area contributed by atoms with E-state index in [9.17, 15) is 0 Å². The fourth-order valence-electron chi connectivity index (χ4n) is 1.98. The van der Waals surface area contributed by atoms with Crippen molar-refractivity contribution in [3.8, 4) is 0 Å². The molecule has 0 aliphatic heterocycles. The predicted octanol–water partition coefficient (Wildman–Crippen LogP) is 3.01. The van der Waals surface area contributed by atoms with Gasteiger partial charge in [-0.15, -0.1) is 0 Å². The summed E-state index contributed by atoms with van der Waals surface area (Å²) < 4.78 is 0. The van der Waals surface area contributed by atoms with Gasteiger partial charge in [0.25, 0.3) is 0 Å². The zero-order chi connectivity index (χ0) is 13.1. The number of benzene rings is 1. The van der Waals surface area contributed by atoms with Crippen molar-refractivity contribution in [1.29, 1.82) is 0 Å². The van der Waals surface area contributed by atoms with Crippen LogP contribution in [0.5, 0.6) is 0 Å². The summed E-state index contributed by atoms with van der Waals surface area (Å²) in [6.07, 6.45) is 0. The summed E-state index contributed by atoms with van der Waals surface area (Å²) in [4.78, 5) is 2.40. The quantitative estimate of drug-likeness (QED) is 0.867. The normalized spacial score (nSPS) is 14.1. The minimum absolute atomic E-state index is 0.298. The largest absolute Gasteiger partial charge is 0.326 e. The average Bonchev–Trinajstić information content (AvgIpc) is 2.27. The predicted molar refractivity (Wildman–Crippen MR) is 74.7 cm³/mol. The van der Waals surface area contributed by atoms with Gasteiger partial charge >= 0.3 is 0 Å². The minimum Gasteiger partial charge on any atom is -0.326 e. The summed E-state index contributed by atoms with van der Waals surface area (Å²) >= 11 is 0. The molecule has 2 nitrogen and oxygen atoms in total. The van der Waals surface area contributed by atoms with E-state index >= 15 is 0 Å². The molecule has 2 heteroatoms. The lowest BCUT2D eigenvalue weighted by atomic mass is 9.87. The molecule has 96 valence electrons. The standard InChI is InChI=1S/C15H26N2/c1-12(15(2,3)4)17(5)11-14-9-7-6-8-13(14)10-16/h6-9,12H,10-11,16H2,1-5H3. The Balaban J connectivity index is 2.77. The van der Waals surface area contributed by atoms with Crippen LogP contribution >= 0.6 is 0 Å². The van der Waals surface area contributed by atoms with Gasteiger partial charge in [-0.1, -0.05) is 45.0 Å². The molecule has 0 spiro atoms. The van der Waals surface area contributed by atoms with Crippen molar-refractivity contribution in [2.45, 2.75) is 46.8 Å². The van der Waals surface area contributed by atoms with E-state index in [-0.39, 0.29) is 0 Å². The first-order chi connectivity index (χ1) is 7.86. The Bertz CT molecular complexity index is 352. The van der Waals surface area contributed by atoms with Crippen LogP contribution in [0, 0.1) is 5.41 Å². The van der Waals surface area contributed by atoms with Crippen molar-refractivity contribution in [3.05, 3.63) is 35.4 Å². The Hall–Kier alpha value is -0.860. The Morgan fingerprint density at radius 1 is 1.18 bits per heavy atom. The van der Waals surface area contributed by atoms with Gasteiger partial charge in [0, 0.05) is 19.1 Å². The zero-order valence-electron chi connectivity index (χ0n) is 11.8.